The molecule has 2 unspecified atom stereocenters. The minimum atomic E-state index is -0.592. The second-order valence-corrected chi connectivity index (χ2v) is 4.40. The molecule has 4 nitrogen and oxygen atoms in total. The normalized spacial score (nSPS) is 28.9. The van der Waals surface area contributed by atoms with Gasteiger partial charge in [-0.1, -0.05) is 18.2 Å². The predicted octanol–water partition coefficient (Wildman–Crippen LogP) is 1.28. The first-order chi connectivity index (χ1) is 8.29. The lowest BCUT2D eigenvalue weighted by molar-refractivity contribution is -0.0428. The van der Waals surface area contributed by atoms with Crippen molar-refractivity contribution in [3.63, 3.8) is 0 Å². The fourth-order valence-corrected chi connectivity index (χ4v) is 2.41. The molecule has 3 atom stereocenters. The molecule has 1 aliphatic heterocycles. The average molecular weight is 233 g/mol. The lowest BCUT2D eigenvalue weighted by Crippen LogP contribution is -2.24. The van der Waals surface area contributed by atoms with Gasteiger partial charge in [0.05, 0.1) is 18.2 Å². The molecule has 0 spiro atoms. The fraction of sp³-hybridized carbons (Fsp3) is 0.385. The summed E-state index contributed by atoms with van der Waals surface area (Å²) in [5.41, 5.74) is 1.09. The number of hydrogen-bond acceptors (Lipinski definition) is 3. The number of para-hydroxylation sites is 1. The van der Waals surface area contributed by atoms with Gasteiger partial charge >= 0.3 is 0 Å². The largest absolute Gasteiger partial charge is 0.394 e. The van der Waals surface area contributed by atoms with Gasteiger partial charge in [0.1, 0.15) is 12.3 Å². The van der Waals surface area contributed by atoms with Gasteiger partial charge in [-0.3, -0.25) is 0 Å². The van der Waals surface area contributed by atoms with E-state index in [1.54, 1.807) is 0 Å². The number of ether oxygens (including phenoxy) is 1. The molecular weight excluding hydrogens is 218 g/mol. The first kappa shape index (κ1) is 10.8. The first-order valence-corrected chi connectivity index (χ1v) is 5.79. The number of hydrogen-bond donors (Lipinski definition) is 2. The third-order valence-electron chi connectivity index (χ3n) is 3.32. The van der Waals surface area contributed by atoms with Crippen LogP contribution in [0.15, 0.2) is 36.5 Å². The Morgan fingerprint density at radius 3 is 2.88 bits per heavy atom. The zero-order valence-electron chi connectivity index (χ0n) is 9.36. The summed E-state index contributed by atoms with van der Waals surface area (Å²) in [6.07, 6.45) is 1.22. The molecule has 1 saturated heterocycles. The van der Waals surface area contributed by atoms with Crippen molar-refractivity contribution in [1.29, 1.82) is 0 Å². The first-order valence-electron chi connectivity index (χ1n) is 5.79. The van der Waals surface area contributed by atoms with Crippen LogP contribution in [0.4, 0.5) is 0 Å². The minimum absolute atomic E-state index is 0.142. The zero-order chi connectivity index (χ0) is 11.8. The van der Waals surface area contributed by atoms with Gasteiger partial charge in [-0.15, -0.1) is 0 Å². The highest BCUT2D eigenvalue weighted by Crippen LogP contribution is 2.31. The molecule has 4 heteroatoms. The highest BCUT2D eigenvalue weighted by Gasteiger charge is 2.34. The molecule has 1 aromatic carbocycles. The second kappa shape index (κ2) is 4.14. The summed E-state index contributed by atoms with van der Waals surface area (Å²) in [5.74, 6) is 0. The summed E-state index contributed by atoms with van der Waals surface area (Å²) in [6.45, 7) is -0.142. The standard InChI is InChI=1S/C13H15NO3/c15-8-12-11(16)7-13(17-12)14-6-5-9-3-1-2-4-10(9)14/h1-6,11-13,15-16H,7-8H2/t11-,12?,13?/m1/s1. The average Bonchev–Trinajstić information content (AvgIpc) is 2.92. The molecule has 0 aliphatic carbocycles. The van der Waals surface area contributed by atoms with Crippen LogP contribution in [0.2, 0.25) is 0 Å². The predicted molar refractivity (Wildman–Crippen MR) is 63.6 cm³/mol. The topological polar surface area (TPSA) is 54.6 Å². The van der Waals surface area contributed by atoms with Gasteiger partial charge < -0.3 is 19.5 Å². The molecule has 2 heterocycles. The fourth-order valence-electron chi connectivity index (χ4n) is 2.41. The maximum atomic E-state index is 9.73. The zero-order valence-corrected chi connectivity index (χ0v) is 9.36. The van der Waals surface area contributed by atoms with Gasteiger partial charge in [-0.25, -0.2) is 0 Å². The van der Waals surface area contributed by atoms with Crippen LogP contribution in [0, 0.1) is 0 Å². The Kier molecular flexibility index (Phi) is 2.63. The van der Waals surface area contributed by atoms with Crippen molar-refractivity contribution in [1.82, 2.24) is 4.57 Å². The van der Waals surface area contributed by atoms with Crippen LogP contribution in [-0.4, -0.2) is 33.6 Å². The van der Waals surface area contributed by atoms with E-state index in [9.17, 15) is 5.11 Å². The second-order valence-electron chi connectivity index (χ2n) is 4.40. The molecule has 1 aliphatic rings. The maximum absolute atomic E-state index is 9.73. The molecule has 3 rings (SSSR count). The van der Waals surface area contributed by atoms with E-state index in [1.807, 2.05) is 41.1 Å². The number of aromatic nitrogens is 1. The summed E-state index contributed by atoms with van der Waals surface area (Å²) >= 11 is 0. The van der Waals surface area contributed by atoms with Crippen molar-refractivity contribution in [3.05, 3.63) is 36.5 Å². The number of fused-ring (bicyclic) bond motifs is 1. The number of rotatable bonds is 2. The smallest absolute Gasteiger partial charge is 0.137 e. The Bertz CT molecular complexity index is 522. The molecule has 2 N–H and O–H groups in total. The van der Waals surface area contributed by atoms with E-state index in [1.165, 1.54) is 0 Å². The number of aliphatic hydroxyl groups is 2. The summed E-state index contributed by atoms with van der Waals surface area (Å²) in [4.78, 5) is 0. The molecule has 0 saturated carbocycles. The Morgan fingerprint density at radius 1 is 1.29 bits per heavy atom. The molecule has 1 fully saturated rings. The van der Waals surface area contributed by atoms with E-state index in [-0.39, 0.29) is 12.8 Å². The molecule has 0 amide bonds. The van der Waals surface area contributed by atoms with Crippen molar-refractivity contribution in [2.24, 2.45) is 0 Å². The lowest BCUT2D eigenvalue weighted by atomic mass is 10.2. The van der Waals surface area contributed by atoms with Crippen molar-refractivity contribution >= 4 is 10.9 Å². The van der Waals surface area contributed by atoms with E-state index in [0.717, 1.165) is 10.9 Å². The summed E-state index contributed by atoms with van der Waals surface area (Å²) in [5, 5.41) is 20.0. The Balaban J connectivity index is 1.95. The number of nitrogens with zero attached hydrogens (tertiary/aromatic N) is 1. The van der Waals surface area contributed by atoms with Gasteiger partial charge in [0.2, 0.25) is 0 Å². The van der Waals surface area contributed by atoms with E-state index in [0.29, 0.717) is 6.42 Å². The third kappa shape index (κ3) is 1.74. The van der Waals surface area contributed by atoms with Crippen LogP contribution in [0.5, 0.6) is 0 Å². The molecule has 17 heavy (non-hydrogen) atoms. The van der Waals surface area contributed by atoms with E-state index in [2.05, 4.69) is 0 Å². The van der Waals surface area contributed by atoms with Crippen LogP contribution in [0.25, 0.3) is 10.9 Å². The molecule has 1 aromatic heterocycles. The Labute approximate surface area is 99.1 Å². The number of aliphatic hydroxyl groups excluding tert-OH is 2. The van der Waals surface area contributed by atoms with Gasteiger partial charge in [0, 0.05) is 12.6 Å². The van der Waals surface area contributed by atoms with Gasteiger partial charge in [0.25, 0.3) is 0 Å². The summed E-state index contributed by atoms with van der Waals surface area (Å²) < 4.78 is 7.65. The third-order valence-corrected chi connectivity index (χ3v) is 3.32. The quantitative estimate of drug-likeness (QED) is 0.821. The molecule has 2 aromatic rings. The summed E-state index contributed by atoms with van der Waals surface area (Å²) in [6, 6.07) is 10.1. The van der Waals surface area contributed by atoms with Crippen LogP contribution < -0.4 is 0 Å². The number of benzene rings is 1. The highest BCUT2D eigenvalue weighted by molar-refractivity contribution is 5.80. The monoisotopic (exact) mass is 233 g/mol. The molecule has 0 radical (unpaired) electrons. The van der Waals surface area contributed by atoms with E-state index < -0.39 is 12.2 Å². The van der Waals surface area contributed by atoms with Crippen LogP contribution >= 0.6 is 0 Å². The lowest BCUT2D eigenvalue weighted by Gasteiger charge is -2.14. The molecular formula is C13H15NO3. The Morgan fingerprint density at radius 2 is 2.12 bits per heavy atom. The van der Waals surface area contributed by atoms with E-state index in [4.69, 9.17) is 9.84 Å². The van der Waals surface area contributed by atoms with Crippen LogP contribution in [0.1, 0.15) is 12.6 Å². The Hall–Kier alpha value is -1.36. The van der Waals surface area contributed by atoms with Gasteiger partial charge in [-0.2, -0.15) is 0 Å². The summed E-state index contributed by atoms with van der Waals surface area (Å²) in [7, 11) is 0. The van der Waals surface area contributed by atoms with Crippen molar-refractivity contribution in [2.75, 3.05) is 6.61 Å². The molecule has 0 bridgehead atoms. The minimum Gasteiger partial charge on any atom is -0.394 e. The van der Waals surface area contributed by atoms with Crippen molar-refractivity contribution < 1.29 is 14.9 Å². The van der Waals surface area contributed by atoms with Gasteiger partial charge in [-0.05, 0) is 17.5 Å². The SMILES string of the molecule is OCC1OC(n2ccc3ccccc32)C[C@H]1O. The maximum Gasteiger partial charge on any atom is 0.137 e. The van der Waals surface area contributed by atoms with E-state index >= 15 is 0 Å². The van der Waals surface area contributed by atoms with Crippen LogP contribution in [0.3, 0.4) is 0 Å². The highest BCUT2D eigenvalue weighted by atomic mass is 16.5. The molecule has 90 valence electrons. The van der Waals surface area contributed by atoms with Crippen molar-refractivity contribution in [3.8, 4) is 0 Å². The van der Waals surface area contributed by atoms with Gasteiger partial charge in [0.15, 0.2) is 0 Å². The van der Waals surface area contributed by atoms with Crippen LogP contribution in [-0.2, 0) is 4.74 Å². The van der Waals surface area contributed by atoms with Crippen molar-refractivity contribution in [2.45, 2.75) is 24.9 Å².